The molecule has 2 aromatic rings. The van der Waals surface area contributed by atoms with Crippen LogP contribution in [0.5, 0.6) is 5.75 Å². The zero-order valence-corrected chi connectivity index (χ0v) is 24.9. The molecule has 0 heterocycles. The molecule has 3 aliphatic rings. The number of nitrogens with zero attached hydrogens (tertiary/aromatic N) is 1. The van der Waals surface area contributed by atoms with Crippen molar-refractivity contribution in [3.8, 4) is 17.6 Å². The number of hydrogen-bond donors (Lipinski definition) is 5. The van der Waals surface area contributed by atoms with E-state index in [1.807, 2.05) is 50.2 Å². The van der Waals surface area contributed by atoms with Gasteiger partial charge in [0.05, 0.1) is 11.1 Å². The Labute approximate surface area is 250 Å². The molecule has 0 aromatic heterocycles. The van der Waals surface area contributed by atoms with E-state index < -0.39 is 63.8 Å². The van der Waals surface area contributed by atoms with Crippen molar-refractivity contribution in [2.24, 2.45) is 29.4 Å². The van der Waals surface area contributed by atoms with Crippen molar-refractivity contribution in [2.45, 2.75) is 45.6 Å². The summed E-state index contributed by atoms with van der Waals surface area (Å²) in [5.41, 5.74) is 5.16. The van der Waals surface area contributed by atoms with Gasteiger partial charge >= 0.3 is 0 Å². The lowest BCUT2D eigenvalue weighted by Gasteiger charge is -2.50. The minimum absolute atomic E-state index is 0.0188. The molecule has 3 aliphatic carbocycles. The third-order valence-electron chi connectivity index (χ3n) is 9.10. The Balaban J connectivity index is 1.71. The quantitative estimate of drug-likeness (QED) is 0.270. The average molecular weight is 585 g/mol. The van der Waals surface area contributed by atoms with E-state index in [1.54, 1.807) is 19.9 Å². The van der Waals surface area contributed by atoms with Gasteiger partial charge in [-0.3, -0.25) is 14.4 Å². The van der Waals surface area contributed by atoms with Crippen molar-refractivity contribution in [1.29, 1.82) is 0 Å². The summed E-state index contributed by atoms with van der Waals surface area (Å²) < 4.78 is 0. The van der Waals surface area contributed by atoms with E-state index in [0.29, 0.717) is 11.3 Å². The molecule has 0 radical (unpaired) electrons. The van der Waals surface area contributed by atoms with Gasteiger partial charge in [0.1, 0.15) is 22.8 Å². The average Bonchev–Trinajstić information content (AvgIpc) is 2.94. The SMILES string of the molecule is CCc1cccc(C#Cc2cc(N(C)C)c3c(c2O)C(O)=C2C(=O)[C@]4(O)C(O)=C(C(N)=O)C(=O)[C@@H](C(C)C)[C@@H]4C[C@@H]2C3)c1. The first-order valence-electron chi connectivity index (χ1n) is 14.4. The number of hydrogen-bond acceptors (Lipinski definition) is 8. The van der Waals surface area contributed by atoms with Crippen molar-refractivity contribution in [2.75, 3.05) is 19.0 Å². The maximum absolute atomic E-state index is 14.1. The van der Waals surface area contributed by atoms with E-state index in [1.165, 1.54) is 0 Å². The number of aliphatic hydroxyl groups excluding tert-OH is 2. The maximum Gasteiger partial charge on any atom is 0.255 e. The van der Waals surface area contributed by atoms with Crippen LogP contribution >= 0.6 is 0 Å². The monoisotopic (exact) mass is 584 g/mol. The van der Waals surface area contributed by atoms with Gasteiger partial charge in [-0.2, -0.15) is 0 Å². The number of phenols is 1. The zero-order chi connectivity index (χ0) is 31.5. The number of aromatic hydroxyl groups is 1. The van der Waals surface area contributed by atoms with Gasteiger partial charge in [0.25, 0.3) is 5.91 Å². The molecule has 1 fully saturated rings. The minimum atomic E-state index is -2.65. The molecule has 1 saturated carbocycles. The molecular formula is C34H36N2O7. The normalized spacial score (nSPS) is 24.7. The molecule has 43 heavy (non-hydrogen) atoms. The van der Waals surface area contributed by atoms with Crippen LogP contribution in [-0.4, -0.2) is 57.6 Å². The van der Waals surface area contributed by atoms with Crippen LogP contribution in [0, 0.1) is 35.5 Å². The Kier molecular flexibility index (Phi) is 7.39. The molecule has 0 saturated heterocycles. The summed E-state index contributed by atoms with van der Waals surface area (Å²) >= 11 is 0. The largest absolute Gasteiger partial charge is 0.508 e. The number of aliphatic hydroxyl groups is 3. The standard InChI is InChI=1S/C34H36N2O7/c1-6-17-8-7-9-18(12-17)10-11-19-15-23(36(4)5)21-13-20-14-22-24(16(2)3)29(38)27(33(35)42)32(41)34(22,43)31(40)25(20)30(39)26(21)28(19)37/h7-9,12,15-16,20,22,24,37,39,41,43H,6,13-14H2,1-5H3,(H2,35,42)/t20-,22-,24-,34-/m0/s1. The number of nitrogens with two attached hydrogens (primary N) is 1. The number of rotatable bonds is 4. The number of aryl methyl sites for hydroxylation is 1. The van der Waals surface area contributed by atoms with Gasteiger partial charge in [0.15, 0.2) is 11.4 Å². The fourth-order valence-corrected chi connectivity index (χ4v) is 7.04. The van der Waals surface area contributed by atoms with Gasteiger partial charge in [-0.15, -0.1) is 0 Å². The van der Waals surface area contributed by atoms with Crippen molar-refractivity contribution in [3.05, 3.63) is 75.1 Å². The number of primary amides is 1. The zero-order valence-electron chi connectivity index (χ0n) is 24.9. The number of carbonyl (C=O) groups excluding carboxylic acids is 3. The summed E-state index contributed by atoms with van der Waals surface area (Å²) in [6.07, 6.45) is 1.12. The van der Waals surface area contributed by atoms with Crippen molar-refractivity contribution < 1.29 is 34.8 Å². The van der Waals surface area contributed by atoms with E-state index in [2.05, 4.69) is 11.8 Å². The minimum Gasteiger partial charge on any atom is -0.508 e. The summed E-state index contributed by atoms with van der Waals surface area (Å²) in [7, 11) is 3.64. The highest BCUT2D eigenvalue weighted by Crippen LogP contribution is 2.55. The van der Waals surface area contributed by atoms with Crippen LogP contribution in [0.25, 0.3) is 5.76 Å². The van der Waals surface area contributed by atoms with Gasteiger partial charge in [0, 0.05) is 42.8 Å². The summed E-state index contributed by atoms with van der Waals surface area (Å²) in [5, 5.41) is 46.0. The van der Waals surface area contributed by atoms with Crippen molar-refractivity contribution >= 4 is 28.9 Å². The van der Waals surface area contributed by atoms with Crippen LogP contribution in [0.2, 0.25) is 0 Å². The molecule has 6 N–H and O–H groups in total. The Morgan fingerprint density at radius 2 is 1.84 bits per heavy atom. The fraction of sp³-hybridized carbons (Fsp3) is 0.382. The Hall–Kier alpha value is -4.55. The number of benzene rings is 2. The van der Waals surface area contributed by atoms with E-state index in [-0.39, 0.29) is 35.3 Å². The molecule has 9 nitrogen and oxygen atoms in total. The second-order valence-corrected chi connectivity index (χ2v) is 12.2. The number of anilines is 1. The van der Waals surface area contributed by atoms with Crippen LogP contribution in [0.1, 0.15) is 55.0 Å². The van der Waals surface area contributed by atoms with Crippen molar-refractivity contribution in [1.82, 2.24) is 0 Å². The molecule has 0 aliphatic heterocycles. The molecule has 0 unspecified atom stereocenters. The third kappa shape index (κ3) is 4.48. The molecule has 4 atom stereocenters. The summed E-state index contributed by atoms with van der Waals surface area (Å²) in [5.74, 6) is -1.91. The van der Waals surface area contributed by atoms with E-state index in [4.69, 9.17) is 5.73 Å². The molecule has 5 rings (SSSR count). The van der Waals surface area contributed by atoms with Crippen LogP contribution in [0.15, 0.2) is 47.2 Å². The highest BCUT2D eigenvalue weighted by atomic mass is 16.3. The number of ketones is 2. The number of phenolic OH excluding ortho intramolecular Hbond substituents is 1. The van der Waals surface area contributed by atoms with Gasteiger partial charge in [-0.05, 0) is 60.4 Å². The molecule has 1 amide bonds. The van der Waals surface area contributed by atoms with Gasteiger partial charge in [-0.1, -0.05) is 44.7 Å². The van der Waals surface area contributed by atoms with E-state index >= 15 is 0 Å². The first kappa shape index (κ1) is 29.9. The number of carbonyl (C=O) groups is 3. The summed E-state index contributed by atoms with van der Waals surface area (Å²) in [6, 6.07) is 9.45. The van der Waals surface area contributed by atoms with Gasteiger partial charge < -0.3 is 31.1 Å². The second-order valence-electron chi connectivity index (χ2n) is 12.2. The van der Waals surface area contributed by atoms with Crippen LogP contribution < -0.4 is 10.6 Å². The number of Topliss-reactive ketones (excluding diaryl/α,β-unsaturated/α-hetero) is 2. The summed E-state index contributed by atoms with van der Waals surface area (Å²) in [4.78, 5) is 41.5. The van der Waals surface area contributed by atoms with E-state index in [9.17, 15) is 34.8 Å². The Bertz CT molecular complexity index is 1700. The predicted octanol–water partition coefficient (Wildman–Crippen LogP) is 3.33. The van der Waals surface area contributed by atoms with Crippen LogP contribution in [0.3, 0.4) is 0 Å². The Morgan fingerprint density at radius 1 is 1.14 bits per heavy atom. The number of fused-ring (bicyclic) bond motifs is 3. The van der Waals surface area contributed by atoms with Crippen LogP contribution in [-0.2, 0) is 27.2 Å². The van der Waals surface area contributed by atoms with Gasteiger partial charge in [0.2, 0.25) is 5.78 Å². The molecule has 9 heteroatoms. The highest BCUT2D eigenvalue weighted by Gasteiger charge is 2.64. The smallest absolute Gasteiger partial charge is 0.255 e. The molecule has 224 valence electrons. The Morgan fingerprint density at radius 3 is 2.44 bits per heavy atom. The molecule has 2 aromatic carbocycles. The van der Waals surface area contributed by atoms with E-state index in [0.717, 1.165) is 17.5 Å². The summed E-state index contributed by atoms with van der Waals surface area (Å²) in [6.45, 7) is 5.51. The molecule has 0 bridgehead atoms. The van der Waals surface area contributed by atoms with Gasteiger partial charge in [-0.25, -0.2) is 0 Å². The predicted molar refractivity (Wildman–Crippen MR) is 161 cm³/mol. The molecular weight excluding hydrogens is 548 g/mol. The lowest BCUT2D eigenvalue weighted by Crippen LogP contribution is -2.62. The lowest BCUT2D eigenvalue weighted by molar-refractivity contribution is -0.155. The fourth-order valence-electron chi connectivity index (χ4n) is 7.04. The maximum atomic E-state index is 14.1. The molecule has 0 spiro atoms. The highest BCUT2D eigenvalue weighted by molar-refractivity contribution is 6.23. The topological polar surface area (TPSA) is 161 Å². The van der Waals surface area contributed by atoms with Crippen molar-refractivity contribution in [3.63, 3.8) is 0 Å². The van der Waals surface area contributed by atoms with Crippen LogP contribution in [0.4, 0.5) is 5.69 Å². The number of amides is 1. The third-order valence-corrected chi connectivity index (χ3v) is 9.10. The lowest BCUT2D eigenvalue weighted by atomic mass is 9.54. The second kappa shape index (κ2) is 10.6. The first-order valence-corrected chi connectivity index (χ1v) is 14.4. The first-order chi connectivity index (χ1) is 20.2.